The molecule has 0 spiro atoms. The van der Waals surface area contributed by atoms with Gasteiger partial charge in [0, 0.05) is 18.6 Å². The predicted molar refractivity (Wildman–Crippen MR) is 71.8 cm³/mol. The summed E-state index contributed by atoms with van der Waals surface area (Å²) < 4.78 is 0. The first-order valence-corrected chi connectivity index (χ1v) is 7.20. The van der Waals surface area contributed by atoms with Gasteiger partial charge in [-0.3, -0.25) is 4.90 Å². The van der Waals surface area contributed by atoms with Gasteiger partial charge in [-0.15, -0.1) is 0 Å². The van der Waals surface area contributed by atoms with E-state index in [0.29, 0.717) is 12.1 Å². The van der Waals surface area contributed by atoms with Gasteiger partial charge in [-0.25, -0.2) is 0 Å². The molecule has 1 aliphatic carbocycles. The number of likely N-dealkylation sites (N-methyl/N-ethyl adjacent to an activating group) is 2. The molecule has 2 atom stereocenters. The summed E-state index contributed by atoms with van der Waals surface area (Å²) in [6.07, 6.45) is 5.61. The Morgan fingerprint density at radius 3 is 2.31 bits per heavy atom. The van der Waals surface area contributed by atoms with Gasteiger partial charge in [0.25, 0.3) is 0 Å². The lowest BCUT2D eigenvalue weighted by atomic mass is 9.84. The monoisotopic (exact) mass is 226 g/mol. The molecular weight excluding hydrogens is 196 g/mol. The minimum atomic E-state index is 0.657. The Morgan fingerprint density at radius 1 is 1.25 bits per heavy atom. The van der Waals surface area contributed by atoms with Crippen LogP contribution < -0.4 is 5.32 Å². The second kappa shape index (κ2) is 7.29. The van der Waals surface area contributed by atoms with Crippen LogP contribution in [0.15, 0.2) is 0 Å². The fraction of sp³-hybridized carbons (Fsp3) is 1.00. The van der Waals surface area contributed by atoms with Crippen LogP contribution in [0.3, 0.4) is 0 Å². The van der Waals surface area contributed by atoms with Crippen molar-refractivity contribution in [3.8, 4) is 0 Å². The fourth-order valence-electron chi connectivity index (χ4n) is 2.76. The predicted octanol–water partition coefficient (Wildman–Crippen LogP) is 2.89. The highest BCUT2D eigenvalue weighted by Gasteiger charge is 2.25. The molecule has 0 aliphatic heterocycles. The third kappa shape index (κ3) is 3.74. The molecule has 96 valence electrons. The molecule has 0 aromatic carbocycles. The quantitative estimate of drug-likeness (QED) is 0.684. The van der Waals surface area contributed by atoms with Crippen molar-refractivity contribution in [3.63, 3.8) is 0 Å². The molecule has 0 radical (unpaired) electrons. The maximum absolute atomic E-state index is 3.61. The van der Waals surface area contributed by atoms with Crippen LogP contribution in [-0.2, 0) is 0 Å². The molecule has 1 aliphatic rings. The second-order valence-electron chi connectivity index (χ2n) is 5.20. The third-order valence-electron chi connectivity index (χ3n) is 4.19. The minimum Gasteiger partial charge on any atom is -0.313 e. The van der Waals surface area contributed by atoms with Crippen molar-refractivity contribution in [2.45, 2.75) is 65.5 Å². The van der Waals surface area contributed by atoms with Crippen molar-refractivity contribution >= 4 is 0 Å². The van der Waals surface area contributed by atoms with E-state index in [4.69, 9.17) is 0 Å². The summed E-state index contributed by atoms with van der Waals surface area (Å²) in [7, 11) is 0. The average Bonchev–Trinajstić information content (AvgIpc) is 2.24. The Bertz CT molecular complexity index is 178. The van der Waals surface area contributed by atoms with Gasteiger partial charge in [-0.1, -0.05) is 27.2 Å². The lowest BCUT2D eigenvalue weighted by Gasteiger charge is -2.38. The van der Waals surface area contributed by atoms with Crippen LogP contribution in [-0.4, -0.2) is 36.6 Å². The molecule has 1 saturated carbocycles. The van der Waals surface area contributed by atoms with Gasteiger partial charge < -0.3 is 5.32 Å². The maximum atomic E-state index is 3.61. The summed E-state index contributed by atoms with van der Waals surface area (Å²) in [5.41, 5.74) is 0. The summed E-state index contributed by atoms with van der Waals surface area (Å²) in [6.45, 7) is 12.8. The number of nitrogens with one attached hydrogen (secondary N) is 1. The largest absolute Gasteiger partial charge is 0.313 e. The van der Waals surface area contributed by atoms with E-state index in [1.807, 2.05) is 0 Å². The summed E-state index contributed by atoms with van der Waals surface area (Å²) in [5, 5.41) is 3.61. The lowest BCUT2D eigenvalue weighted by molar-refractivity contribution is 0.122. The molecule has 0 heterocycles. The van der Waals surface area contributed by atoms with Crippen molar-refractivity contribution in [1.29, 1.82) is 0 Å². The Morgan fingerprint density at radius 2 is 1.94 bits per heavy atom. The molecule has 16 heavy (non-hydrogen) atoms. The first kappa shape index (κ1) is 14.0. The van der Waals surface area contributed by atoms with Crippen LogP contribution >= 0.6 is 0 Å². The van der Waals surface area contributed by atoms with E-state index >= 15 is 0 Å². The Labute approximate surface area is 102 Å². The van der Waals surface area contributed by atoms with E-state index in [-0.39, 0.29) is 0 Å². The van der Waals surface area contributed by atoms with Crippen LogP contribution in [0.2, 0.25) is 0 Å². The first-order chi connectivity index (χ1) is 7.72. The van der Waals surface area contributed by atoms with Crippen molar-refractivity contribution in [1.82, 2.24) is 10.2 Å². The van der Waals surface area contributed by atoms with Crippen molar-refractivity contribution < 1.29 is 0 Å². The molecule has 0 amide bonds. The third-order valence-corrected chi connectivity index (χ3v) is 4.19. The van der Waals surface area contributed by atoms with Gasteiger partial charge in [0.15, 0.2) is 0 Å². The standard InChI is InChI=1S/C14H30N2/c1-5-14(15-6-2)12(4)16(7-3)11-13-9-8-10-13/h12-15H,5-11H2,1-4H3. The van der Waals surface area contributed by atoms with Crippen LogP contribution in [0.4, 0.5) is 0 Å². The van der Waals surface area contributed by atoms with Gasteiger partial charge in [-0.05, 0) is 45.2 Å². The van der Waals surface area contributed by atoms with Gasteiger partial charge in [0.1, 0.15) is 0 Å². The summed E-state index contributed by atoms with van der Waals surface area (Å²) in [4.78, 5) is 2.67. The number of rotatable bonds is 8. The molecule has 1 N–H and O–H groups in total. The summed E-state index contributed by atoms with van der Waals surface area (Å²) in [5.74, 6) is 0.988. The van der Waals surface area contributed by atoms with Gasteiger partial charge in [-0.2, -0.15) is 0 Å². The molecule has 0 bridgehead atoms. The smallest absolute Gasteiger partial charge is 0.0220 e. The SMILES string of the molecule is CCNC(CC)C(C)N(CC)CC1CCC1. The lowest BCUT2D eigenvalue weighted by Crippen LogP contribution is -2.50. The highest BCUT2D eigenvalue weighted by molar-refractivity contribution is 4.82. The van der Waals surface area contributed by atoms with E-state index in [1.165, 1.54) is 38.8 Å². The van der Waals surface area contributed by atoms with E-state index in [1.54, 1.807) is 0 Å². The van der Waals surface area contributed by atoms with E-state index < -0.39 is 0 Å². The number of hydrogen-bond donors (Lipinski definition) is 1. The summed E-state index contributed by atoms with van der Waals surface area (Å²) >= 11 is 0. The normalized spacial score (nSPS) is 20.8. The molecule has 0 aromatic rings. The van der Waals surface area contributed by atoms with Crippen LogP contribution in [0.5, 0.6) is 0 Å². The number of hydrogen-bond acceptors (Lipinski definition) is 2. The van der Waals surface area contributed by atoms with Gasteiger partial charge >= 0.3 is 0 Å². The van der Waals surface area contributed by atoms with Crippen LogP contribution in [0, 0.1) is 5.92 Å². The van der Waals surface area contributed by atoms with Crippen LogP contribution in [0.25, 0.3) is 0 Å². The highest BCUT2D eigenvalue weighted by atomic mass is 15.2. The Balaban J connectivity index is 2.41. The van der Waals surface area contributed by atoms with Crippen LogP contribution in [0.1, 0.15) is 53.4 Å². The molecule has 1 fully saturated rings. The van der Waals surface area contributed by atoms with E-state index in [0.717, 1.165) is 12.5 Å². The van der Waals surface area contributed by atoms with Crippen molar-refractivity contribution in [2.24, 2.45) is 5.92 Å². The minimum absolute atomic E-state index is 0.657. The molecule has 2 heteroatoms. The molecular formula is C14H30N2. The Hall–Kier alpha value is -0.0800. The fourth-order valence-corrected chi connectivity index (χ4v) is 2.76. The Kier molecular flexibility index (Phi) is 6.37. The zero-order valence-corrected chi connectivity index (χ0v) is 11.6. The average molecular weight is 226 g/mol. The maximum Gasteiger partial charge on any atom is 0.0220 e. The van der Waals surface area contributed by atoms with Gasteiger partial charge in [0.05, 0.1) is 0 Å². The molecule has 2 nitrogen and oxygen atoms in total. The first-order valence-electron chi connectivity index (χ1n) is 7.20. The molecule has 0 saturated heterocycles. The molecule has 2 unspecified atom stereocenters. The molecule has 1 rings (SSSR count). The van der Waals surface area contributed by atoms with Gasteiger partial charge in [0.2, 0.25) is 0 Å². The topological polar surface area (TPSA) is 15.3 Å². The molecule has 0 aromatic heterocycles. The zero-order valence-electron chi connectivity index (χ0n) is 11.6. The summed E-state index contributed by atoms with van der Waals surface area (Å²) in [6, 6.07) is 1.33. The van der Waals surface area contributed by atoms with E-state index in [9.17, 15) is 0 Å². The van der Waals surface area contributed by atoms with E-state index in [2.05, 4.69) is 37.9 Å². The highest BCUT2D eigenvalue weighted by Crippen LogP contribution is 2.28. The van der Waals surface area contributed by atoms with Crippen molar-refractivity contribution in [2.75, 3.05) is 19.6 Å². The number of nitrogens with zero attached hydrogens (tertiary/aromatic N) is 1. The van der Waals surface area contributed by atoms with Crippen molar-refractivity contribution in [3.05, 3.63) is 0 Å². The zero-order chi connectivity index (χ0) is 12.0. The second-order valence-corrected chi connectivity index (χ2v) is 5.20.